The van der Waals surface area contributed by atoms with Crippen LogP contribution in [0.25, 0.3) is 23.1 Å². The SMILES string of the molecule is O=C(O)c1cc(C=Cc2ccc(F)cc2)nc2ccc(Br)cc12. The molecule has 0 saturated carbocycles. The zero-order chi connectivity index (χ0) is 16.4. The molecule has 0 aliphatic rings. The van der Waals surface area contributed by atoms with Crippen LogP contribution in [0.15, 0.2) is 53.0 Å². The van der Waals surface area contributed by atoms with Crippen molar-refractivity contribution in [3.63, 3.8) is 0 Å². The maximum atomic E-state index is 12.9. The van der Waals surface area contributed by atoms with Crippen LogP contribution in [0.3, 0.4) is 0 Å². The fraction of sp³-hybridized carbons (Fsp3) is 0. The highest BCUT2D eigenvalue weighted by molar-refractivity contribution is 9.10. The third-order valence-electron chi connectivity index (χ3n) is 3.34. The van der Waals surface area contributed by atoms with Crippen molar-refractivity contribution in [3.8, 4) is 0 Å². The predicted molar refractivity (Wildman–Crippen MR) is 91.7 cm³/mol. The van der Waals surface area contributed by atoms with E-state index >= 15 is 0 Å². The first kappa shape index (κ1) is 15.4. The molecule has 0 unspecified atom stereocenters. The first-order valence-corrected chi connectivity index (χ1v) is 7.59. The number of hydrogen-bond donors (Lipinski definition) is 1. The molecule has 0 spiro atoms. The third-order valence-corrected chi connectivity index (χ3v) is 3.83. The molecule has 0 radical (unpaired) electrons. The minimum Gasteiger partial charge on any atom is -0.478 e. The number of carbonyl (C=O) groups is 1. The topological polar surface area (TPSA) is 50.2 Å². The van der Waals surface area contributed by atoms with Crippen LogP contribution in [0.4, 0.5) is 4.39 Å². The van der Waals surface area contributed by atoms with Crippen LogP contribution >= 0.6 is 15.9 Å². The fourth-order valence-corrected chi connectivity index (χ4v) is 2.60. The zero-order valence-corrected chi connectivity index (χ0v) is 13.4. The predicted octanol–water partition coefficient (Wildman–Crippen LogP) is 5.01. The lowest BCUT2D eigenvalue weighted by atomic mass is 10.1. The Labute approximate surface area is 140 Å². The van der Waals surface area contributed by atoms with E-state index in [0.29, 0.717) is 16.6 Å². The van der Waals surface area contributed by atoms with Crippen molar-refractivity contribution in [2.45, 2.75) is 0 Å². The Hall–Kier alpha value is -2.53. The summed E-state index contributed by atoms with van der Waals surface area (Å²) < 4.78 is 13.7. The molecule has 114 valence electrons. The Morgan fingerprint density at radius 3 is 2.52 bits per heavy atom. The molecule has 23 heavy (non-hydrogen) atoms. The number of carboxylic acid groups (broad SMARTS) is 1. The van der Waals surface area contributed by atoms with Crippen LogP contribution in [0.1, 0.15) is 21.6 Å². The summed E-state index contributed by atoms with van der Waals surface area (Å²) in [7, 11) is 0. The number of fused-ring (bicyclic) bond motifs is 1. The van der Waals surface area contributed by atoms with Gasteiger partial charge in [0.2, 0.25) is 0 Å². The van der Waals surface area contributed by atoms with E-state index in [1.165, 1.54) is 18.2 Å². The van der Waals surface area contributed by atoms with Gasteiger partial charge in [-0.2, -0.15) is 0 Å². The largest absolute Gasteiger partial charge is 0.478 e. The summed E-state index contributed by atoms with van der Waals surface area (Å²) >= 11 is 3.34. The summed E-state index contributed by atoms with van der Waals surface area (Å²) in [5.41, 5.74) is 2.13. The molecule has 3 rings (SSSR count). The molecule has 5 heteroatoms. The maximum Gasteiger partial charge on any atom is 0.336 e. The van der Waals surface area contributed by atoms with E-state index in [4.69, 9.17) is 0 Å². The van der Waals surface area contributed by atoms with Crippen molar-refractivity contribution in [3.05, 3.63) is 75.6 Å². The number of pyridine rings is 1. The molecule has 1 heterocycles. The highest BCUT2D eigenvalue weighted by atomic mass is 79.9. The molecule has 0 atom stereocenters. The Bertz CT molecular complexity index is 920. The van der Waals surface area contributed by atoms with Crippen LogP contribution in [0.2, 0.25) is 0 Å². The average molecular weight is 372 g/mol. The molecular formula is C18H11BrFNO2. The molecule has 0 fully saturated rings. The first-order chi connectivity index (χ1) is 11.0. The van der Waals surface area contributed by atoms with Gasteiger partial charge in [-0.25, -0.2) is 14.2 Å². The molecular weight excluding hydrogens is 361 g/mol. The van der Waals surface area contributed by atoms with Crippen molar-refractivity contribution >= 4 is 45.0 Å². The highest BCUT2D eigenvalue weighted by Gasteiger charge is 2.11. The fourth-order valence-electron chi connectivity index (χ4n) is 2.24. The van der Waals surface area contributed by atoms with Gasteiger partial charge in [0.1, 0.15) is 5.82 Å². The second-order valence-corrected chi connectivity index (χ2v) is 5.86. The monoisotopic (exact) mass is 371 g/mol. The Kier molecular flexibility index (Phi) is 4.21. The second kappa shape index (κ2) is 6.30. The molecule has 3 nitrogen and oxygen atoms in total. The quantitative estimate of drug-likeness (QED) is 0.704. The standard InChI is InChI=1S/C18H11BrFNO2/c19-12-4-8-17-15(9-12)16(18(22)23)10-14(21-17)7-3-11-1-5-13(20)6-2-11/h1-10H,(H,22,23). The van der Waals surface area contributed by atoms with E-state index < -0.39 is 5.97 Å². The molecule has 3 aromatic rings. The summed E-state index contributed by atoms with van der Waals surface area (Å²) in [6.45, 7) is 0. The normalized spacial score (nSPS) is 11.2. The lowest BCUT2D eigenvalue weighted by Crippen LogP contribution is -2.00. The summed E-state index contributed by atoms with van der Waals surface area (Å²) in [5.74, 6) is -1.31. The number of halogens is 2. The number of benzene rings is 2. The van der Waals surface area contributed by atoms with Crippen molar-refractivity contribution in [2.24, 2.45) is 0 Å². The van der Waals surface area contributed by atoms with E-state index in [0.717, 1.165) is 10.0 Å². The minimum atomic E-state index is -1.01. The van der Waals surface area contributed by atoms with Crippen molar-refractivity contribution in [1.82, 2.24) is 4.98 Å². The van der Waals surface area contributed by atoms with Crippen molar-refractivity contribution in [1.29, 1.82) is 0 Å². The highest BCUT2D eigenvalue weighted by Crippen LogP contribution is 2.23. The van der Waals surface area contributed by atoms with Gasteiger partial charge in [0.05, 0.1) is 16.8 Å². The maximum absolute atomic E-state index is 12.9. The van der Waals surface area contributed by atoms with Gasteiger partial charge in [0, 0.05) is 9.86 Å². The third kappa shape index (κ3) is 3.46. The number of aromatic carboxylic acids is 1. The lowest BCUT2D eigenvalue weighted by Gasteiger charge is -2.05. The summed E-state index contributed by atoms with van der Waals surface area (Å²) in [6, 6.07) is 12.9. The molecule has 1 aromatic heterocycles. The molecule has 1 N–H and O–H groups in total. The van der Waals surface area contributed by atoms with Crippen LogP contribution in [-0.4, -0.2) is 16.1 Å². The smallest absolute Gasteiger partial charge is 0.336 e. The average Bonchev–Trinajstić information content (AvgIpc) is 2.53. The molecule has 0 aliphatic heterocycles. The van der Waals surface area contributed by atoms with Gasteiger partial charge in [-0.05, 0) is 48.0 Å². The van der Waals surface area contributed by atoms with Crippen LogP contribution in [0.5, 0.6) is 0 Å². The van der Waals surface area contributed by atoms with E-state index in [1.54, 1.807) is 36.4 Å². The first-order valence-electron chi connectivity index (χ1n) is 6.80. The van der Waals surface area contributed by atoms with Crippen molar-refractivity contribution < 1.29 is 14.3 Å². The minimum absolute atomic E-state index is 0.190. The van der Waals surface area contributed by atoms with Crippen LogP contribution < -0.4 is 0 Å². The summed E-state index contributed by atoms with van der Waals surface area (Å²) in [5, 5.41) is 9.98. The van der Waals surface area contributed by atoms with Gasteiger partial charge in [-0.1, -0.05) is 34.1 Å². The van der Waals surface area contributed by atoms with E-state index in [-0.39, 0.29) is 11.4 Å². The van der Waals surface area contributed by atoms with Crippen molar-refractivity contribution in [2.75, 3.05) is 0 Å². The van der Waals surface area contributed by atoms with Gasteiger partial charge >= 0.3 is 5.97 Å². The molecule has 0 bridgehead atoms. The number of aromatic nitrogens is 1. The molecule has 0 saturated heterocycles. The summed E-state index contributed by atoms with van der Waals surface area (Å²) in [4.78, 5) is 15.9. The van der Waals surface area contributed by atoms with Gasteiger partial charge in [-0.3, -0.25) is 0 Å². The zero-order valence-electron chi connectivity index (χ0n) is 11.8. The Morgan fingerprint density at radius 2 is 1.83 bits per heavy atom. The molecule has 0 aliphatic carbocycles. The molecule has 2 aromatic carbocycles. The van der Waals surface area contributed by atoms with E-state index in [2.05, 4.69) is 20.9 Å². The molecule has 0 amide bonds. The van der Waals surface area contributed by atoms with E-state index in [9.17, 15) is 14.3 Å². The van der Waals surface area contributed by atoms with Gasteiger partial charge in [-0.15, -0.1) is 0 Å². The van der Waals surface area contributed by atoms with Gasteiger partial charge in [0.25, 0.3) is 0 Å². The second-order valence-electron chi connectivity index (χ2n) is 4.95. The summed E-state index contributed by atoms with van der Waals surface area (Å²) in [6.07, 6.45) is 3.47. The number of hydrogen-bond acceptors (Lipinski definition) is 2. The Balaban J connectivity index is 2.06. The van der Waals surface area contributed by atoms with E-state index in [1.807, 2.05) is 6.07 Å². The number of rotatable bonds is 3. The van der Waals surface area contributed by atoms with Crippen LogP contribution in [0, 0.1) is 5.82 Å². The Morgan fingerprint density at radius 1 is 1.09 bits per heavy atom. The number of nitrogens with zero attached hydrogens (tertiary/aromatic N) is 1. The van der Waals surface area contributed by atoms with Crippen LogP contribution in [-0.2, 0) is 0 Å². The van der Waals surface area contributed by atoms with Gasteiger partial charge < -0.3 is 5.11 Å². The lowest BCUT2D eigenvalue weighted by molar-refractivity contribution is 0.0699. The van der Waals surface area contributed by atoms with Gasteiger partial charge in [0.15, 0.2) is 0 Å². The number of carboxylic acids is 1.